The highest BCUT2D eigenvalue weighted by Crippen LogP contribution is 2.33. The molecule has 1 aromatic rings. The van der Waals surface area contributed by atoms with Gasteiger partial charge in [0.2, 0.25) is 5.91 Å². The predicted molar refractivity (Wildman–Crippen MR) is 75.4 cm³/mol. The van der Waals surface area contributed by atoms with E-state index in [1.807, 2.05) is 25.1 Å². The zero-order chi connectivity index (χ0) is 14.0. The number of hydrogen-bond donors (Lipinski definition) is 1. The van der Waals surface area contributed by atoms with Crippen molar-refractivity contribution >= 4 is 17.4 Å². The SMILES string of the molecule is CC(=O)N1c2ccc(C(=O)CCCN)cc2CC1C. The molecule has 19 heavy (non-hydrogen) atoms. The zero-order valence-electron chi connectivity index (χ0n) is 11.5. The Morgan fingerprint density at radius 3 is 2.79 bits per heavy atom. The third-order valence-electron chi connectivity index (χ3n) is 3.56. The van der Waals surface area contributed by atoms with Crippen molar-refractivity contribution in [2.45, 2.75) is 39.2 Å². The van der Waals surface area contributed by atoms with E-state index in [4.69, 9.17) is 5.73 Å². The van der Waals surface area contributed by atoms with Gasteiger partial charge in [-0.3, -0.25) is 9.59 Å². The summed E-state index contributed by atoms with van der Waals surface area (Å²) in [6.45, 7) is 4.13. The van der Waals surface area contributed by atoms with Gasteiger partial charge in [-0.25, -0.2) is 0 Å². The molecule has 4 heteroatoms. The van der Waals surface area contributed by atoms with Crippen molar-refractivity contribution in [3.05, 3.63) is 29.3 Å². The summed E-state index contributed by atoms with van der Waals surface area (Å²) in [5, 5.41) is 0. The highest BCUT2D eigenvalue weighted by atomic mass is 16.2. The normalized spacial score (nSPS) is 17.4. The molecule has 0 saturated heterocycles. The predicted octanol–water partition coefficient (Wildman–Crippen LogP) is 1.91. The first-order valence-electron chi connectivity index (χ1n) is 6.70. The van der Waals surface area contributed by atoms with Crippen LogP contribution in [0.25, 0.3) is 0 Å². The Labute approximate surface area is 113 Å². The molecule has 0 aromatic heterocycles. The molecule has 1 unspecified atom stereocenters. The summed E-state index contributed by atoms with van der Waals surface area (Å²) < 4.78 is 0. The number of benzene rings is 1. The highest BCUT2D eigenvalue weighted by Gasteiger charge is 2.29. The zero-order valence-corrected chi connectivity index (χ0v) is 11.5. The summed E-state index contributed by atoms with van der Waals surface area (Å²) in [6.07, 6.45) is 2.01. The van der Waals surface area contributed by atoms with Crippen molar-refractivity contribution < 1.29 is 9.59 Å². The van der Waals surface area contributed by atoms with Crippen LogP contribution >= 0.6 is 0 Å². The van der Waals surface area contributed by atoms with E-state index in [0.29, 0.717) is 19.4 Å². The van der Waals surface area contributed by atoms with Crippen molar-refractivity contribution in [3.8, 4) is 0 Å². The van der Waals surface area contributed by atoms with Gasteiger partial charge in [0.05, 0.1) is 0 Å². The lowest BCUT2D eigenvalue weighted by Crippen LogP contribution is -2.33. The van der Waals surface area contributed by atoms with Crippen LogP contribution in [-0.4, -0.2) is 24.3 Å². The maximum Gasteiger partial charge on any atom is 0.224 e. The van der Waals surface area contributed by atoms with E-state index in [9.17, 15) is 9.59 Å². The fraction of sp³-hybridized carbons (Fsp3) is 0.467. The fourth-order valence-electron chi connectivity index (χ4n) is 2.69. The van der Waals surface area contributed by atoms with Crippen LogP contribution < -0.4 is 10.6 Å². The number of amides is 1. The van der Waals surface area contributed by atoms with Gasteiger partial charge in [-0.1, -0.05) is 0 Å². The second-order valence-corrected chi connectivity index (χ2v) is 5.10. The van der Waals surface area contributed by atoms with Gasteiger partial charge in [-0.05, 0) is 50.1 Å². The topological polar surface area (TPSA) is 63.4 Å². The Morgan fingerprint density at radius 1 is 1.42 bits per heavy atom. The average molecular weight is 260 g/mol. The first-order valence-corrected chi connectivity index (χ1v) is 6.70. The number of anilines is 1. The van der Waals surface area contributed by atoms with Gasteiger partial charge >= 0.3 is 0 Å². The smallest absolute Gasteiger partial charge is 0.224 e. The number of fused-ring (bicyclic) bond motifs is 1. The number of ketones is 1. The molecule has 1 amide bonds. The minimum Gasteiger partial charge on any atom is -0.330 e. The van der Waals surface area contributed by atoms with E-state index in [-0.39, 0.29) is 17.7 Å². The van der Waals surface area contributed by atoms with E-state index in [0.717, 1.165) is 23.2 Å². The molecule has 0 radical (unpaired) electrons. The summed E-state index contributed by atoms with van der Waals surface area (Å²) in [7, 11) is 0. The summed E-state index contributed by atoms with van der Waals surface area (Å²) >= 11 is 0. The monoisotopic (exact) mass is 260 g/mol. The number of carbonyl (C=O) groups is 2. The Bertz CT molecular complexity index is 511. The van der Waals surface area contributed by atoms with E-state index in [2.05, 4.69) is 0 Å². The molecular weight excluding hydrogens is 240 g/mol. The Kier molecular flexibility index (Phi) is 4.00. The molecule has 0 aliphatic carbocycles. The Morgan fingerprint density at radius 2 is 2.16 bits per heavy atom. The van der Waals surface area contributed by atoms with Crippen LogP contribution in [0.4, 0.5) is 5.69 Å². The van der Waals surface area contributed by atoms with Crippen LogP contribution in [0, 0.1) is 0 Å². The highest BCUT2D eigenvalue weighted by molar-refractivity contribution is 5.99. The number of rotatable bonds is 4. The van der Waals surface area contributed by atoms with Gasteiger partial charge in [0.25, 0.3) is 0 Å². The molecule has 1 atom stereocenters. The minimum absolute atomic E-state index is 0.0495. The molecule has 2 rings (SSSR count). The van der Waals surface area contributed by atoms with Gasteiger partial charge in [0.15, 0.2) is 5.78 Å². The number of nitrogens with zero attached hydrogens (tertiary/aromatic N) is 1. The molecule has 102 valence electrons. The van der Waals surface area contributed by atoms with Crippen LogP contribution in [0.1, 0.15) is 42.6 Å². The molecule has 0 bridgehead atoms. The van der Waals surface area contributed by atoms with E-state index in [1.165, 1.54) is 0 Å². The van der Waals surface area contributed by atoms with Crippen molar-refractivity contribution in [3.63, 3.8) is 0 Å². The van der Waals surface area contributed by atoms with Gasteiger partial charge in [0.1, 0.15) is 0 Å². The van der Waals surface area contributed by atoms with Gasteiger partial charge < -0.3 is 10.6 Å². The summed E-state index contributed by atoms with van der Waals surface area (Å²) in [4.78, 5) is 25.4. The first kappa shape index (κ1) is 13.7. The lowest BCUT2D eigenvalue weighted by atomic mass is 10.0. The average Bonchev–Trinajstić information content (AvgIpc) is 2.70. The maximum atomic E-state index is 12.0. The van der Waals surface area contributed by atoms with Crippen molar-refractivity contribution in [2.24, 2.45) is 5.73 Å². The van der Waals surface area contributed by atoms with Crippen LogP contribution in [0.5, 0.6) is 0 Å². The number of Topliss-reactive ketones (excluding diaryl/α,β-unsaturated/α-hetero) is 1. The third-order valence-corrected chi connectivity index (χ3v) is 3.56. The van der Waals surface area contributed by atoms with E-state index < -0.39 is 0 Å². The molecule has 0 fully saturated rings. The van der Waals surface area contributed by atoms with E-state index >= 15 is 0 Å². The molecule has 1 aliphatic rings. The van der Waals surface area contributed by atoms with Crippen molar-refractivity contribution in [2.75, 3.05) is 11.4 Å². The maximum absolute atomic E-state index is 12.0. The van der Waals surface area contributed by atoms with Crippen molar-refractivity contribution in [1.82, 2.24) is 0 Å². The van der Waals surface area contributed by atoms with Crippen LogP contribution in [0.15, 0.2) is 18.2 Å². The molecule has 0 saturated carbocycles. The van der Waals surface area contributed by atoms with Gasteiger partial charge in [0, 0.05) is 30.6 Å². The number of hydrogen-bond acceptors (Lipinski definition) is 3. The second-order valence-electron chi connectivity index (χ2n) is 5.10. The standard InChI is InChI=1S/C15H20N2O2/c1-10-8-13-9-12(15(19)4-3-7-16)5-6-14(13)17(10)11(2)18/h5-6,9-10H,3-4,7-8,16H2,1-2H3. The largest absolute Gasteiger partial charge is 0.330 e. The Balaban J connectivity index is 2.24. The number of nitrogens with two attached hydrogens (primary N) is 1. The molecule has 1 heterocycles. The summed E-state index contributed by atoms with van der Waals surface area (Å²) in [6, 6.07) is 5.79. The molecular formula is C15H20N2O2. The Hall–Kier alpha value is -1.68. The lowest BCUT2D eigenvalue weighted by Gasteiger charge is -2.20. The second kappa shape index (κ2) is 5.53. The molecule has 4 nitrogen and oxygen atoms in total. The van der Waals surface area contributed by atoms with E-state index in [1.54, 1.807) is 11.8 Å². The third kappa shape index (κ3) is 2.68. The van der Waals surface area contributed by atoms with Crippen molar-refractivity contribution in [1.29, 1.82) is 0 Å². The minimum atomic E-state index is 0.0495. The fourth-order valence-corrected chi connectivity index (χ4v) is 2.69. The summed E-state index contributed by atoms with van der Waals surface area (Å²) in [5.41, 5.74) is 8.17. The summed E-state index contributed by atoms with van der Waals surface area (Å²) in [5.74, 6) is 0.177. The quantitative estimate of drug-likeness (QED) is 0.841. The van der Waals surface area contributed by atoms with Crippen LogP contribution in [-0.2, 0) is 11.2 Å². The van der Waals surface area contributed by atoms with Crippen LogP contribution in [0.2, 0.25) is 0 Å². The van der Waals surface area contributed by atoms with Gasteiger partial charge in [-0.2, -0.15) is 0 Å². The molecule has 1 aromatic carbocycles. The first-order chi connectivity index (χ1) is 9.04. The number of carbonyl (C=O) groups excluding carboxylic acids is 2. The molecule has 0 spiro atoms. The van der Waals surface area contributed by atoms with Crippen LogP contribution in [0.3, 0.4) is 0 Å². The molecule has 1 aliphatic heterocycles. The lowest BCUT2D eigenvalue weighted by molar-refractivity contribution is -0.116. The van der Waals surface area contributed by atoms with Gasteiger partial charge in [-0.15, -0.1) is 0 Å². The molecule has 2 N–H and O–H groups in total.